The minimum absolute atomic E-state index is 0.00862. The van der Waals surface area contributed by atoms with Crippen molar-refractivity contribution in [1.82, 2.24) is 0 Å². The van der Waals surface area contributed by atoms with Gasteiger partial charge >= 0.3 is 5.97 Å². The standard InChI is InChI=1S/C12H15ClFNO4/c1-2-19-11(17)5-10(16)12(18)6-3-8(14)9(15)4-7(6)13/h3-4,10,12,16,18H,2,5,15H2,1H3. The van der Waals surface area contributed by atoms with Crippen molar-refractivity contribution in [2.24, 2.45) is 0 Å². The molecule has 0 bridgehead atoms. The van der Waals surface area contributed by atoms with E-state index in [1.807, 2.05) is 0 Å². The second-order valence-electron chi connectivity index (χ2n) is 3.92. The van der Waals surface area contributed by atoms with Gasteiger partial charge in [-0.3, -0.25) is 4.79 Å². The van der Waals surface area contributed by atoms with E-state index in [4.69, 9.17) is 17.3 Å². The number of halogens is 2. The molecule has 5 nitrogen and oxygen atoms in total. The average Bonchev–Trinajstić information content (AvgIpc) is 2.33. The molecule has 0 heterocycles. The van der Waals surface area contributed by atoms with Crippen molar-refractivity contribution >= 4 is 23.3 Å². The molecular formula is C12H15ClFNO4. The van der Waals surface area contributed by atoms with E-state index in [1.54, 1.807) is 6.92 Å². The second-order valence-corrected chi connectivity index (χ2v) is 4.32. The first-order valence-electron chi connectivity index (χ1n) is 5.63. The molecule has 4 N–H and O–H groups in total. The summed E-state index contributed by atoms with van der Waals surface area (Å²) in [6.07, 6.45) is -3.37. The van der Waals surface area contributed by atoms with Crippen molar-refractivity contribution in [3.8, 4) is 0 Å². The maximum absolute atomic E-state index is 13.3. The fourth-order valence-corrected chi connectivity index (χ4v) is 1.80. The third-order valence-corrected chi connectivity index (χ3v) is 2.81. The van der Waals surface area contributed by atoms with Gasteiger partial charge in [-0.1, -0.05) is 11.6 Å². The predicted octanol–water partition coefficient (Wildman–Crippen LogP) is 1.41. The van der Waals surface area contributed by atoms with Crippen LogP contribution in [0.4, 0.5) is 10.1 Å². The summed E-state index contributed by atoms with van der Waals surface area (Å²) in [6.45, 7) is 1.78. The number of nitrogens with two attached hydrogens (primary N) is 1. The number of hydrogen-bond donors (Lipinski definition) is 3. The molecule has 106 valence electrons. The van der Waals surface area contributed by atoms with Crippen LogP contribution < -0.4 is 5.73 Å². The van der Waals surface area contributed by atoms with Gasteiger partial charge in [-0.15, -0.1) is 0 Å². The summed E-state index contributed by atoms with van der Waals surface area (Å²) in [6, 6.07) is 2.06. The maximum atomic E-state index is 13.3. The molecule has 0 saturated carbocycles. The molecule has 2 atom stereocenters. The fraction of sp³-hybridized carbons (Fsp3) is 0.417. The van der Waals surface area contributed by atoms with Crippen LogP contribution in [0.15, 0.2) is 12.1 Å². The van der Waals surface area contributed by atoms with Crippen molar-refractivity contribution in [2.75, 3.05) is 12.3 Å². The van der Waals surface area contributed by atoms with E-state index in [2.05, 4.69) is 4.74 Å². The number of anilines is 1. The predicted molar refractivity (Wildman–Crippen MR) is 68.0 cm³/mol. The Kier molecular flexibility index (Phi) is 5.53. The van der Waals surface area contributed by atoms with Crippen LogP contribution in [0.1, 0.15) is 25.0 Å². The maximum Gasteiger partial charge on any atom is 0.308 e. The zero-order valence-electron chi connectivity index (χ0n) is 10.3. The van der Waals surface area contributed by atoms with E-state index in [-0.39, 0.29) is 22.9 Å². The van der Waals surface area contributed by atoms with E-state index >= 15 is 0 Å². The lowest BCUT2D eigenvalue weighted by molar-refractivity contribution is -0.147. The Morgan fingerprint density at radius 2 is 2.16 bits per heavy atom. The molecule has 0 amide bonds. The van der Waals surface area contributed by atoms with Gasteiger partial charge in [0.05, 0.1) is 24.8 Å². The van der Waals surface area contributed by atoms with Crippen molar-refractivity contribution in [2.45, 2.75) is 25.6 Å². The molecule has 0 fully saturated rings. The van der Waals surface area contributed by atoms with Crippen LogP contribution in [0, 0.1) is 5.82 Å². The number of carbonyl (C=O) groups excluding carboxylic acids is 1. The Morgan fingerprint density at radius 1 is 1.53 bits per heavy atom. The Bertz CT molecular complexity index is 469. The lowest BCUT2D eigenvalue weighted by atomic mass is 10.0. The van der Waals surface area contributed by atoms with E-state index in [1.165, 1.54) is 0 Å². The summed E-state index contributed by atoms with van der Waals surface area (Å²) < 4.78 is 17.9. The Morgan fingerprint density at radius 3 is 2.74 bits per heavy atom. The van der Waals surface area contributed by atoms with Gasteiger partial charge in [0, 0.05) is 10.6 Å². The first-order chi connectivity index (χ1) is 8.86. The lowest BCUT2D eigenvalue weighted by Crippen LogP contribution is -2.23. The van der Waals surface area contributed by atoms with Gasteiger partial charge in [0.15, 0.2) is 0 Å². The summed E-state index contributed by atoms with van der Waals surface area (Å²) in [5.41, 5.74) is 5.11. The molecule has 0 aromatic heterocycles. The van der Waals surface area contributed by atoms with Crippen molar-refractivity contribution in [3.05, 3.63) is 28.5 Å². The van der Waals surface area contributed by atoms with Crippen LogP contribution in [-0.2, 0) is 9.53 Å². The van der Waals surface area contributed by atoms with E-state index in [0.717, 1.165) is 12.1 Å². The summed E-state index contributed by atoms with van der Waals surface area (Å²) in [5, 5.41) is 19.6. The molecule has 1 aromatic rings. The van der Waals surface area contributed by atoms with Gasteiger partial charge in [0.1, 0.15) is 11.9 Å². The van der Waals surface area contributed by atoms with E-state index in [0.29, 0.717) is 0 Å². The molecular weight excluding hydrogens is 277 g/mol. The molecule has 2 unspecified atom stereocenters. The molecule has 0 spiro atoms. The molecule has 0 aliphatic heterocycles. The van der Waals surface area contributed by atoms with E-state index in [9.17, 15) is 19.4 Å². The number of rotatable bonds is 5. The minimum Gasteiger partial charge on any atom is -0.466 e. The Hall–Kier alpha value is -1.37. The number of carbonyl (C=O) groups is 1. The zero-order valence-corrected chi connectivity index (χ0v) is 11.0. The summed E-state index contributed by atoms with van der Waals surface area (Å²) in [7, 11) is 0. The van der Waals surface area contributed by atoms with Crippen LogP contribution >= 0.6 is 11.6 Å². The highest BCUT2D eigenvalue weighted by atomic mass is 35.5. The molecule has 0 saturated heterocycles. The Balaban J connectivity index is 2.85. The van der Waals surface area contributed by atoms with Crippen LogP contribution in [0.3, 0.4) is 0 Å². The highest BCUT2D eigenvalue weighted by Gasteiger charge is 2.25. The number of benzene rings is 1. The number of aliphatic hydroxyl groups excluding tert-OH is 2. The highest BCUT2D eigenvalue weighted by Crippen LogP contribution is 2.30. The highest BCUT2D eigenvalue weighted by molar-refractivity contribution is 6.31. The SMILES string of the molecule is CCOC(=O)CC(O)C(O)c1cc(F)c(N)cc1Cl. The molecule has 1 aromatic carbocycles. The Labute approximate surface area is 114 Å². The lowest BCUT2D eigenvalue weighted by Gasteiger charge is -2.19. The third-order valence-electron chi connectivity index (χ3n) is 2.48. The van der Waals surface area contributed by atoms with Crippen molar-refractivity contribution < 1.29 is 24.1 Å². The number of hydrogen-bond acceptors (Lipinski definition) is 5. The number of esters is 1. The first-order valence-corrected chi connectivity index (χ1v) is 6.00. The van der Waals surface area contributed by atoms with Crippen LogP contribution in [-0.4, -0.2) is 28.9 Å². The van der Waals surface area contributed by atoms with E-state index < -0.39 is 30.4 Å². The summed E-state index contributed by atoms with van der Waals surface area (Å²) >= 11 is 5.80. The largest absolute Gasteiger partial charge is 0.466 e. The zero-order chi connectivity index (χ0) is 14.6. The molecule has 0 radical (unpaired) electrons. The molecule has 19 heavy (non-hydrogen) atoms. The summed E-state index contributed by atoms with van der Waals surface area (Å²) in [4.78, 5) is 11.2. The van der Waals surface area contributed by atoms with Crippen LogP contribution in [0.5, 0.6) is 0 Å². The number of ether oxygens (including phenoxy) is 1. The molecule has 1 rings (SSSR count). The van der Waals surface area contributed by atoms with Gasteiger partial charge in [-0.2, -0.15) is 0 Å². The summed E-state index contributed by atoms with van der Waals surface area (Å²) in [5.74, 6) is -1.43. The fourth-order valence-electron chi connectivity index (χ4n) is 1.51. The van der Waals surface area contributed by atoms with Gasteiger partial charge in [0.25, 0.3) is 0 Å². The number of nitrogen functional groups attached to an aromatic ring is 1. The average molecular weight is 292 g/mol. The van der Waals surface area contributed by atoms with Gasteiger partial charge in [-0.05, 0) is 19.1 Å². The normalized spacial score (nSPS) is 13.9. The van der Waals surface area contributed by atoms with Crippen LogP contribution in [0.25, 0.3) is 0 Å². The molecule has 0 aliphatic rings. The minimum atomic E-state index is -1.51. The topological polar surface area (TPSA) is 92.8 Å². The smallest absolute Gasteiger partial charge is 0.308 e. The van der Waals surface area contributed by atoms with Crippen molar-refractivity contribution in [3.63, 3.8) is 0 Å². The number of aliphatic hydroxyl groups is 2. The molecule has 0 aliphatic carbocycles. The second kappa shape index (κ2) is 6.70. The van der Waals surface area contributed by atoms with Gasteiger partial charge in [0.2, 0.25) is 0 Å². The van der Waals surface area contributed by atoms with Crippen molar-refractivity contribution in [1.29, 1.82) is 0 Å². The van der Waals surface area contributed by atoms with Gasteiger partial charge < -0.3 is 20.7 Å². The van der Waals surface area contributed by atoms with Crippen LogP contribution in [0.2, 0.25) is 5.02 Å². The monoisotopic (exact) mass is 291 g/mol. The molecule has 7 heteroatoms. The third kappa shape index (κ3) is 4.05. The first kappa shape index (κ1) is 15.7. The quantitative estimate of drug-likeness (QED) is 0.563. The van der Waals surface area contributed by atoms with Gasteiger partial charge in [-0.25, -0.2) is 4.39 Å².